The maximum Gasteiger partial charge on any atom is 0.0513 e. The highest BCUT2D eigenvalue weighted by molar-refractivity contribution is 6.32. The van der Waals surface area contributed by atoms with Gasteiger partial charge in [0.25, 0.3) is 0 Å². The smallest absolute Gasteiger partial charge is 0.0513 e. The van der Waals surface area contributed by atoms with Gasteiger partial charge in [-0.05, 0) is 36.8 Å². The van der Waals surface area contributed by atoms with Crippen LogP contribution >= 0.6 is 11.6 Å². The van der Waals surface area contributed by atoms with E-state index < -0.39 is 0 Å². The SMILES string of the molecule is C/C=C/c1cccc(C2CCCCC2)c1Cl. The predicted molar refractivity (Wildman–Crippen MR) is 72.0 cm³/mol. The summed E-state index contributed by atoms with van der Waals surface area (Å²) < 4.78 is 0. The summed E-state index contributed by atoms with van der Waals surface area (Å²) >= 11 is 6.47. The van der Waals surface area contributed by atoms with Gasteiger partial charge >= 0.3 is 0 Å². The van der Waals surface area contributed by atoms with Gasteiger partial charge in [-0.25, -0.2) is 0 Å². The summed E-state index contributed by atoms with van der Waals surface area (Å²) in [6, 6.07) is 6.42. The molecule has 1 aromatic carbocycles. The largest absolute Gasteiger partial charge is 0.0870 e. The molecule has 0 saturated heterocycles. The Kier molecular flexibility index (Phi) is 4.06. The van der Waals surface area contributed by atoms with E-state index in [0.717, 1.165) is 10.6 Å². The van der Waals surface area contributed by atoms with Crippen molar-refractivity contribution in [1.29, 1.82) is 0 Å². The molecule has 0 aromatic heterocycles. The normalized spacial score (nSPS) is 18.1. The average Bonchev–Trinajstić information content (AvgIpc) is 2.33. The van der Waals surface area contributed by atoms with Crippen LogP contribution in [0.5, 0.6) is 0 Å². The first-order chi connectivity index (χ1) is 7.83. The average molecular weight is 235 g/mol. The molecule has 1 aliphatic rings. The highest BCUT2D eigenvalue weighted by Crippen LogP contribution is 2.37. The third kappa shape index (κ3) is 2.49. The van der Waals surface area contributed by atoms with E-state index in [-0.39, 0.29) is 0 Å². The zero-order valence-corrected chi connectivity index (χ0v) is 10.6. The Morgan fingerprint density at radius 3 is 2.62 bits per heavy atom. The third-order valence-corrected chi connectivity index (χ3v) is 3.89. The van der Waals surface area contributed by atoms with Gasteiger partial charge in [-0.1, -0.05) is 61.2 Å². The third-order valence-electron chi connectivity index (χ3n) is 3.45. The van der Waals surface area contributed by atoms with E-state index in [1.165, 1.54) is 37.7 Å². The molecule has 0 aliphatic heterocycles. The molecule has 0 N–H and O–H groups in total. The standard InChI is InChI=1S/C15H19Cl/c1-2-7-13-10-6-11-14(15(13)16)12-8-4-3-5-9-12/h2,6-7,10-12H,3-5,8-9H2,1H3/b7-2+. The molecule has 1 saturated carbocycles. The summed E-state index contributed by atoms with van der Waals surface area (Å²) in [6.45, 7) is 2.03. The Labute approximate surface area is 103 Å². The molecular formula is C15H19Cl. The van der Waals surface area contributed by atoms with Gasteiger partial charge in [0.05, 0.1) is 5.02 Å². The minimum atomic E-state index is 0.687. The van der Waals surface area contributed by atoms with Gasteiger partial charge < -0.3 is 0 Å². The second-order valence-electron chi connectivity index (χ2n) is 4.59. The molecule has 1 aromatic rings. The fourth-order valence-corrected chi connectivity index (χ4v) is 2.95. The molecule has 1 fully saturated rings. The van der Waals surface area contributed by atoms with Crippen molar-refractivity contribution in [2.45, 2.75) is 44.9 Å². The van der Waals surface area contributed by atoms with Crippen LogP contribution in [0, 0.1) is 0 Å². The van der Waals surface area contributed by atoms with Crippen LogP contribution in [0.3, 0.4) is 0 Å². The highest BCUT2D eigenvalue weighted by atomic mass is 35.5. The van der Waals surface area contributed by atoms with Crippen molar-refractivity contribution in [2.75, 3.05) is 0 Å². The Bertz CT molecular complexity index is 373. The summed E-state index contributed by atoms with van der Waals surface area (Å²) in [5, 5.41) is 0.965. The van der Waals surface area contributed by atoms with E-state index >= 15 is 0 Å². The van der Waals surface area contributed by atoms with Crippen LogP contribution in [0.15, 0.2) is 24.3 Å². The molecule has 0 radical (unpaired) electrons. The Balaban J connectivity index is 2.29. The lowest BCUT2D eigenvalue weighted by Gasteiger charge is -2.23. The topological polar surface area (TPSA) is 0 Å². The molecule has 0 nitrogen and oxygen atoms in total. The summed E-state index contributed by atoms with van der Waals surface area (Å²) in [5.41, 5.74) is 2.52. The summed E-state index contributed by atoms with van der Waals surface area (Å²) in [4.78, 5) is 0. The van der Waals surface area contributed by atoms with Crippen molar-refractivity contribution in [3.63, 3.8) is 0 Å². The maximum absolute atomic E-state index is 6.47. The molecule has 0 bridgehead atoms. The lowest BCUT2D eigenvalue weighted by molar-refractivity contribution is 0.443. The number of hydrogen-bond donors (Lipinski definition) is 0. The van der Waals surface area contributed by atoms with Crippen molar-refractivity contribution in [3.8, 4) is 0 Å². The van der Waals surface area contributed by atoms with Gasteiger partial charge in [0, 0.05) is 0 Å². The van der Waals surface area contributed by atoms with Crippen LogP contribution in [-0.2, 0) is 0 Å². The van der Waals surface area contributed by atoms with E-state index in [9.17, 15) is 0 Å². The van der Waals surface area contributed by atoms with Gasteiger partial charge in [-0.2, -0.15) is 0 Å². The fraction of sp³-hybridized carbons (Fsp3) is 0.467. The van der Waals surface area contributed by atoms with Crippen LogP contribution in [-0.4, -0.2) is 0 Å². The summed E-state index contributed by atoms with van der Waals surface area (Å²) in [6.07, 6.45) is 10.9. The van der Waals surface area contributed by atoms with E-state index in [0.29, 0.717) is 5.92 Å². The number of hydrogen-bond acceptors (Lipinski definition) is 0. The van der Waals surface area contributed by atoms with E-state index in [1.54, 1.807) is 0 Å². The van der Waals surface area contributed by atoms with Crippen LogP contribution in [0.4, 0.5) is 0 Å². The first-order valence-electron chi connectivity index (χ1n) is 6.24. The predicted octanol–water partition coefficient (Wildman–Crippen LogP) is 5.42. The quantitative estimate of drug-likeness (QED) is 0.641. The zero-order chi connectivity index (χ0) is 11.4. The molecule has 0 amide bonds. The van der Waals surface area contributed by atoms with Crippen LogP contribution in [0.2, 0.25) is 5.02 Å². The first kappa shape index (κ1) is 11.7. The molecule has 0 heterocycles. The molecule has 0 unspecified atom stereocenters. The molecule has 86 valence electrons. The van der Waals surface area contributed by atoms with E-state index in [4.69, 9.17) is 11.6 Å². The van der Waals surface area contributed by atoms with Gasteiger partial charge in [-0.3, -0.25) is 0 Å². The number of halogens is 1. The Morgan fingerprint density at radius 2 is 1.94 bits per heavy atom. The second kappa shape index (κ2) is 5.54. The first-order valence-corrected chi connectivity index (χ1v) is 6.62. The molecule has 1 heteroatoms. The van der Waals surface area contributed by atoms with Gasteiger partial charge in [0.15, 0.2) is 0 Å². The van der Waals surface area contributed by atoms with E-state index in [2.05, 4.69) is 24.3 Å². The zero-order valence-electron chi connectivity index (χ0n) is 9.88. The Morgan fingerprint density at radius 1 is 1.19 bits per heavy atom. The Hall–Kier alpha value is -0.750. The number of allylic oxidation sites excluding steroid dienone is 1. The minimum absolute atomic E-state index is 0.687. The van der Waals surface area contributed by atoms with E-state index in [1.807, 2.05) is 13.0 Å². The lowest BCUT2D eigenvalue weighted by Crippen LogP contribution is -2.05. The number of rotatable bonds is 2. The van der Waals surface area contributed by atoms with Crippen molar-refractivity contribution in [2.24, 2.45) is 0 Å². The molecule has 0 spiro atoms. The van der Waals surface area contributed by atoms with Gasteiger partial charge in [-0.15, -0.1) is 0 Å². The lowest BCUT2D eigenvalue weighted by atomic mass is 9.83. The fourth-order valence-electron chi connectivity index (χ4n) is 2.61. The van der Waals surface area contributed by atoms with Crippen molar-refractivity contribution >= 4 is 17.7 Å². The van der Waals surface area contributed by atoms with Gasteiger partial charge in [0.2, 0.25) is 0 Å². The minimum Gasteiger partial charge on any atom is -0.0870 e. The number of benzene rings is 1. The molecule has 2 rings (SSSR count). The van der Waals surface area contributed by atoms with Crippen molar-refractivity contribution < 1.29 is 0 Å². The van der Waals surface area contributed by atoms with Crippen LogP contribution in [0.1, 0.15) is 56.1 Å². The molecule has 16 heavy (non-hydrogen) atoms. The van der Waals surface area contributed by atoms with Crippen LogP contribution < -0.4 is 0 Å². The summed E-state index contributed by atoms with van der Waals surface area (Å²) in [5.74, 6) is 0.687. The highest BCUT2D eigenvalue weighted by Gasteiger charge is 2.18. The second-order valence-corrected chi connectivity index (χ2v) is 4.96. The van der Waals surface area contributed by atoms with Crippen LogP contribution in [0.25, 0.3) is 6.08 Å². The van der Waals surface area contributed by atoms with Crippen molar-refractivity contribution in [1.82, 2.24) is 0 Å². The monoisotopic (exact) mass is 234 g/mol. The van der Waals surface area contributed by atoms with Crippen molar-refractivity contribution in [3.05, 3.63) is 40.4 Å². The molecule has 0 atom stereocenters. The van der Waals surface area contributed by atoms with Gasteiger partial charge in [0.1, 0.15) is 0 Å². The summed E-state index contributed by atoms with van der Waals surface area (Å²) in [7, 11) is 0. The maximum atomic E-state index is 6.47. The molecular weight excluding hydrogens is 216 g/mol. The molecule has 1 aliphatic carbocycles.